The number of nitrogens with one attached hydrogen (secondary N) is 1. The lowest BCUT2D eigenvalue weighted by Gasteiger charge is -2.11. The summed E-state index contributed by atoms with van der Waals surface area (Å²) >= 11 is 5.79. The number of carbonyl (C=O) groups excluding carboxylic acids is 2. The van der Waals surface area contributed by atoms with E-state index in [0.29, 0.717) is 5.02 Å². The summed E-state index contributed by atoms with van der Waals surface area (Å²) in [5.74, 6) is -0.959. The van der Waals surface area contributed by atoms with Gasteiger partial charge in [0.05, 0.1) is 24.4 Å². The van der Waals surface area contributed by atoms with Gasteiger partial charge < -0.3 is 15.8 Å². The summed E-state index contributed by atoms with van der Waals surface area (Å²) in [6.45, 7) is 1.54. The second-order valence-electron chi connectivity index (χ2n) is 3.46. The number of rotatable bonds is 3. The van der Waals surface area contributed by atoms with Gasteiger partial charge in [0, 0.05) is 5.02 Å². The zero-order chi connectivity index (χ0) is 13.0. The Morgan fingerprint density at radius 3 is 2.65 bits per heavy atom. The number of anilines is 1. The average molecular weight is 257 g/mol. The molecular weight excluding hydrogens is 244 g/mol. The summed E-state index contributed by atoms with van der Waals surface area (Å²) in [7, 11) is 1.26. The van der Waals surface area contributed by atoms with Gasteiger partial charge in [0.15, 0.2) is 0 Å². The van der Waals surface area contributed by atoms with E-state index < -0.39 is 17.9 Å². The molecule has 0 saturated heterocycles. The van der Waals surface area contributed by atoms with E-state index in [1.807, 2.05) is 0 Å². The molecule has 1 atom stereocenters. The molecule has 0 aliphatic rings. The standard InChI is InChI=1S/C11H13ClN2O3/c1-6(13)10(15)14-9-5-7(12)3-4-8(9)11(16)17-2/h3-6H,13H2,1-2H3,(H,14,15)/t6-/m0/s1. The zero-order valence-corrected chi connectivity index (χ0v) is 10.2. The summed E-state index contributed by atoms with van der Waals surface area (Å²) in [4.78, 5) is 22.9. The first-order valence-electron chi connectivity index (χ1n) is 4.90. The van der Waals surface area contributed by atoms with Gasteiger partial charge in [0.2, 0.25) is 5.91 Å². The van der Waals surface area contributed by atoms with E-state index in [1.165, 1.54) is 32.2 Å². The third kappa shape index (κ3) is 3.44. The number of nitrogens with two attached hydrogens (primary N) is 1. The smallest absolute Gasteiger partial charge is 0.339 e. The van der Waals surface area contributed by atoms with Gasteiger partial charge in [-0.2, -0.15) is 0 Å². The highest BCUT2D eigenvalue weighted by Gasteiger charge is 2.15. The first kappa shape index (κ1) is 13.5. The van der Waals surface area contributed by atoms with Crippen LogP contribution in [0.4, 0.5) is 5.69 Å². The van der Waals surface area contributed by atoms with E-state index in [1.54, 1.807) is 0 Å². The van der Waals surface area contributed by atoms with Crippen molar-refractivity contribution in [3.05, 3.63) is 28.8 Å². The molecule has 1 aromatic carbocycles. The molecule has 92 valence electrons. The fraction of sp³-hybridized carbons (Fsp3) is 0.273. The quantitative estimate of drug-likeness (QED) is 0.802. The Balaban J connectivity index is 3.07. The number of halogens is 1. The van der Waals surface area contributed by atoms with Crippen LogP contribution in [0.25, 0.3) is 0 Å². The van der Waals surface area contributed by atoms with E-state index in [9.17, 15) is 9.59 Å². The van der Waals surface area contributed by atoms with Crippen LogP contribution >= 0.6 is 11.6 Å². The Morgan fingerprint density at radius 1 is 1.47 bits per heavy atom. The average Bonchev–Trinajstić information content (AvgIpc) is 2.28. The molecule has 0 aromatic heterocycles. The van der Waals surface area contributed by atoms with Gasteiger partial charge in [-0.3, -0.25) is 4.79 Å². The van der Waals surface area contributed by atoms with Crippen molar-refractivity contribution in [2.45, 2.75) is 13.0 Å². The van der Waals surface area contributed by atoms with E-state index in [4.69, 9.17) is 17.3 Å². The second-order valence-corrected chi connectivity index (χ2v) is 3.90. The minimum atomic E-state index is -0.681. The van der Waals surface area contributed by atoms with Gasteiger partial charge in [-0.15, -0.1) is 0 Å². The number of ether oxygens (including phenoxy) is 1. The van der Waals surface area contributed by atoms with Crippen LogP contribution in [0.15, 0.2) is 18.2 Å². The van der Waals surface area contributed by atoms with Crippen molar-refractivity contribution < 1.29 is 14.3 Å². The van der Waals surface area contributed by atoms with E-state index in [0.717, 1.165) is 0 Å². The molecule has 17 heavy (non-hydrogen) atoms. The summed E-state index contributed by atoms with van der Waals surface area (Å²) < 4.78 is 4.59. The van der Waals surface area contributed by atoms with Crippen LogP contribution in [0.3, 0.4) is 0 Å². The Labute approximate surface area is 104 Å². The van der Waals surface area contributed by atoms with Gasteiger partial charge >= 0.3 is 5.97 Å². The molecule has 1 aromatic rings. The first-order chi connectivity index (χ1) is 7.95. The summed E-state index contributed by atoms with van der Waals surface area (Å²) in [6.07, 6.45) is 0. The molecule has 1 amide bonds. The lowest BCUT2D eigenvalue weighted by molar-refractivity contribution is -0.117. The molecule has 0 heterocycles. The Kier molecular flexibility index (Phi) is 4.48. The molecule has 3 N–H and O–H groups in total. The van der Waals surface area contributed by atoms with Crippen LogP contribution in [0.5, 0.6) is 0 Å². The van der Waals surface area contributed by atoms with Crippen molar-refractivity contribution in [2.24, 2.45) is 5.73 Å². The van der Waals surface area contributed by atoms with Gasteiger partial charge in [0.25, 0.3) is 0 Å². The van der Waals surface area contributed by atoms with Gasteiger partial charge in [-0.25, -0.2) is 4.79 Å². The molecule has 0 spiro atoms. The summed E-state index contributed by atoms with van der Waals surface area (Å²) in [6, 6.07) is 3.80. The summed E-state index contributed by atoms with van der Waals surface area (Å²) in [5.41, 5.74) is 5.93. The third-order valence-electron chi connectivity index (χ3n) is 2.06. The van der Waals surface area contributed by atoms with Crippen LogP contribution in [0.1, 0.15) is 17.3 Å². The highest BCUT2D eigenvalue weighted by Crippen LogP contribution is 2.21. The van der Waals surface area contributed by atoms with Gasteiger partial charge in [-0.1, -0.05) is 11.6 Å². The predicted octanol–water partition coefficient (Wildman–Crippen LogP) is 1.41. The van der Waals surface area contributed by atoms with Crippen LogP contribution < -0.4 is 11.1 Å². The Hall–Kier alpha value is -1.59. The molecule has 0 aliphatic heterocycles. The van der Waals surface area contributed by atoms with E-state index in [-0.39, 0.29) is 11.3 Å². The minimum absolute atomic E-state index is 0.228. The van der Waals surface area contributed by atoms with Crippen molar-refractivity contribution in [2.75, 3.05) is 12.4 Å². The third-order valence-corrected chi connectivity index (χ3v) is 2.29. The molecule has 0 unspecified atom stereocenters. The largest absolute Gasteiger partial charge is 0.465 e. The number of esters is 1. The highest BCUT2D eigenvalue weighted by molar-refractivity contribution is 6.31. The summed E-state index contributed by atoms with van der Waals surface area (Å²) in [5, 5.41) is 2.92. The zero-order valence-electron chi connectivity index (χ0n) is 9.49. The van der Waals surface area contributed by atoms with E-state index in [2.05, 4.69) is 10.1 Å². The molecule has 0 saturated carbocycles. The van der Waals surface area contributed by atoms with Crippen LogP contribution in [-0.2, 0) is 9.53 Å². The van der Waals surface area contributed by atoms with Crippen molar-refractivity contribution in [1.29, 1.82) is 0 Å². The topological polar surface area (TPSA) is 81.4 Å². The number of hydrogen-bond acceptors (Lipinski definition) is 4. The van der Waals surface area contributed by atoms with Crippen LogP contribution in [-0.4, -0.2) is 25.0 Å². The molecule has 6 heteroatoms. The monoisotopic (exact) mass is 256 g/mol. The van der Waals surface area contributed by atoms with Crippen LogP contribution in [0, 0.1) is 0 Å². The Bertz CT molecular complexity index is 446. The maximum absolute atomic E-state index is 11.5. The molecule has 1 rings (SSSR count). The van der Waals surface area contributed by atoms with Crippen LogP contribution in [0.2, 0.25) is 5.02 Å². The normalized spacial score (nSPS) is 11.8. The maximum atomic E-state index is 11.5. The number of benzene rings is 1. The molecule has 0 bridgehead atoms. The Morgan fingerprint density at radius 2 is 2.12 bits per heavy atom. The van der Waals surface area contributed by atoms with Crippen molar-refractivity contribution in [3.8, 4) is 0 Å². The fourth-order valence-corrected chi connectivity index (χ4v) is 1.33. The van der Waals surface area contributed by atoms with Crippen molar-refractivity contribution in [3.63, 3.8) is 0 Å². The molecule has 0 aliphatic carbocycles. The lowest BCUT2D eigenvalue weighted by Crippen LogP contribution is -2.33. The number of methoxy groups -OCH3 is 1. The second kappa shape index (κ2) is 5.65. The predicted molar refractivity (Wildman–Crippen MR) is 65.1 cm³/mol. The van der Waals surface area contributed by atoms with E-state index >= 15 is 0 Å². The fourth-order valence-electron chi connectivity index (χ4n) is 1.15. The van der Waals surface area contributed by atoms with Gasteiger partial charge in [-0.05, 0) is 25.1 Å². The van der Waals surface area contributed by atoms with Gasteiger partial charge in [0.1, 0.15) is 0 Å². The SMILES string of the molecule is COC(=O)c1ccc(Cl)cc1NC(=O)[C@H](C)N. The highest BCUT2D eigenvalue weighted by atomic mass is 35.5. The number of amides is 1. The minimum Gasteiger partial charge on any atom is -0.465 e. The molecular formula is C11H13ClN2O3. The maximum Gasteiger partial charge on any atom is 0.339 e. The number of carbonyl (C=O) groups is 2. The van der Waals surface area contributed by atoms with Crippen molar-refractivity contribution >= 4 is 29.2 Å². The molecule has 5 nitrogen and oxygen atoms in total. The lowest BCUT2D eigenvalue weighted by atomic mass is 10.1. The first-order valence-corrected chi connectivity index (χ1v) is 5.27. The number of hydrogen-bond donors (Lipinski definition) is 2. The van der Waals surface area contributed by atoms with Crippen molar-refractivity contribution in [1.82, 2.24) is 0 Å². The molecule has 0 fully saturated rings. The molecule has 0 radical (unpaired) electrons.